The van der Waals surface area contributed by atoms with Gasteiger partial charge in [-0.3, -0.25) is 4.79 Å². The number of methoxy groups -OCH3 is 1. The zero-order valence-corrected chi connectivity index (χ0v) is 23.0. The van der Waals surface area contributed by atoms with Crippen LogP contribution in [0.15, 0.2) is 59.5 Å². The van der Waals surface area contributed by atoms with Gasteiger partial charge in [0.15, 0.2) is 0 Å². The van der Waals surface area contributed by atoms with Gasteiger partial charge in [-0.2, -0.15) is 4.31 Å². The first-order valence-corrected chi connectivity index (χ1v) is 14.0. The Morgan fingerprint density at radius 1 is 1.18 bits per heavy atom. The number of aryl methyl sites for hydroxylation is 2. The van der Waals surface area contributed by atoms with E-state index in [1.165, 1.54) is 4.31 Å². The van der Waals surface area contributed by atoms with Crippen molar-refractivity contribution in [1.29, 1.82) is 0 Å². The van der Waals surface area contributed by atoms with Crippen molar-refractivity contribution in [3.8, 4) is 11.5 Å². The largest absolute Gasteiger partial charge is 0.494 e. The van der Waals surface area contributed by atoms with Gasteiger partial charge in [0.1, 0.15) is 34.0 Å². The molecule has 204 valence electrons. The molecule has 0 saturated carbocycles. The fourth-order valence-corrected chi connectivity index (χ4v) is 6.79. The minimum Gasteiger partial charge on any atom is -0.494 e. The fraction of sp³-hybridized carbons (Fsp3) is 0.321. The molecule has 0 amide bonds. The first kappa shape index (κ1) is 26.6. The normalized spacial score (nSPS) is 17.7. The van der Waals surface area contributed by atoms with Crippen molar-refractivity contribution in [3.63, 3.8) is 0 Å². The van der Waals surface area contributed by atoms with Crippen molar-refractivity contribution < 1.29 is 27.8 Å². The zero-order valence-electron chi connectivity index (χ0n) is 22.2. The third-order valence-electron chi connectivity index (χ3n) is 7.20. The second-order valence-electron chi connectivity index (χ2n) is 9.80. The van der Waals surface area contributed by atoms with Crippen LogP contribution in [0.5, 0.6) is 11.5 Å². The monoisotopic (exact) mass is 550 g/mol. The van der Waals surface area contributed by atoms with Gasteiger partial charge in [0.25, 0.3) is 0 Å². The lowest BCUT2D eigenvalue weighted by molar-refractivity contribution is -0.137. The molecule has 0 bridgehead atoms. The molecule has 0 radical (unpaired) electrons. The van der Waals surface area contributed by atoms with E-state index in [1.807, 2.05) is 44.2 Å². The molecule has 5 rings (SSSR count). The summed E-state index contributed by atoms with van der Waals surface area (Å²) in [5.41, 5.74) is 4.45. The zero-order chi connectivity index (χ0) is 27.9. The van der Waals surface area contributed by atoms with Crippen molar-refractivity contribution in [2.45, 2.75) is 43.7 Å². The van der Waals surface area contributed by atoms with Crippen LogP contribution in [0, 0.1) is 6.92 Å². The summed E-state index contributed by atoms with van der Waals surface area (Å²) in [7, 11) is -0.527. The molecule has 0 saturated heterocycles. The minimum absolute atomic E-state index is 0.118. The highest BCUT2D eigenvalue weighted by atomic mass is 32.2. The van der Waals surface area contributed by atoms with Gasteiger partial charge in [0.05, 0.1) is 19.6 Å². The first-order chi connectivity index (χ1) is 18.6. The van der Waals surface area contributed by atoms with E-state index < -0.39 is 28.0 Å². The summed E-state index contributed by atoms with van der Waals surface area (Å²) in [4.78, 5) is 12.1. The quantitative estimate of drug-likeness (QED) is 0.368. The summed E-state index contributed by atoms with van der Waals surface area (Å²) in [6.07, 6.45) is -0.170. The molecule has 1 aliphatic heterocycles. The average Bonchev–Trinajstić information content (AvgIpc) is 3.25. The minimum atomic E-state index is -3.84. The third kappa shape index (κ3) is 4.95. The molecule has 0 spiro atoms. The van der Waals surface area contributed by atoms with Gasteiger partial charge in [-0.1, -0.05) is 35.5 Å². The molecule has 0 aliphatic carbocycles. The van der Waals surface area contributed by atoms with Crippen molar-refractivity contribution in [2.24, 2.45) is 7.05 Å². The van der Waals surface area contributed by atoms with Crippen molar-refractivity contribution >= 4 is 27.0 Å². The van der Waals surface area contributed by atoms with Crippen molar-refractivity contribution in [3.05, 3.63) is 76.9 Å². The highest BCUT2D eigenvalue weighted by Crippen LogP contribution is 2.37. The van der Waals surface area contributed by atoms with Crippen LogP contribution in [0.1, 0.15) is 41.5 Å². The Bertz CT molecular complexity index is 1670. The van der Waals surface area contributed by atoms with Crippen LogP contribution in [0.3, 0.4) is 0 Å². The molecule has 2 unspecified atom stereocenters. The van der Waals surface area contributed by atoms with Gasteiger partial charge in [-0.15, -0.1) is 5.10 Å². The Balaban J connectivity index is 1.57. The highest BCUT2D eigenvalue weighted by molar-refractivity contribution is 7.89. The lowest BCUT2D eigenvalue weighted by Crippen LogP contribution is -2.39. The summed E-state index contributed by atoms with van der Waals surface area (Å²) >= 11 is 0. The number of aliphatic carboxylic acids is 1. The summed E-state index contributed by atoms with van der Waals surface area (Å²) in [5.74, 6) is -0.602. The van der Waals surface area contributed by atoms with Gasteiger partial charge in [0, 0.05) is 19.5 Å². The third-order valence-corrected chi connectivity index (χ3v) is 9.20. The van der Waals surface area contributed by atoms with Crippen LogP contribution in [0.4, 0.5) is 0 Å². The van der Waals surface area contributed by atoms with Gasteiger partial charge in [0.2, 0.25) is 10.0 Å². The SMILES string of the molecule is COc1cc(C(CC(=O)O)c2ccc(C)c(CN3C(C)COc4ccccc4S3(=O)=O)c2)cc2nnn(C)c12. The molecule has 11 heteroatoms. The van der Waals surface area contributed by atoms with E-state index in [2.05, 4.69) is 10.3 Å². The number of hydrogen-bond acceptors (Lipinski definition) is 7. The molecule has 39 heavy (non-hydrogen) atoms. The molecule has 1 N–H and O–H groups in total. The molecule has 0 fully saturated rings. The second-order valence-corrected chi connectivity index (χ2v) is 11.7. The number of rotatable bonds is 7. The number of para-hydroxylation sites is 1. The second kappa shape index (κ2) is 10.3. The predicted octanol–water partition coefficient (Wildman–Crippen LogP) is 3.86. The van der Waals surface area contributed by atoms with Crippen LogP contribution in [0.2, 0.25) is 0 Å². The van der Waals surface area contributed by atoms with Gasteiger partial charge in [-0.25, -0.2) is 13.1 Å². The number of sulfonamides is 1. The topological polar surface area (TPSA) is 124 Å². The molecule has 1 aliphatic rings. The average molecular weight is 551 g/mol. The molecule has 4 aromatic rings. The van der Waals surface area contributed by atoms with Crippen molar-refractivity contribution in [2.75, 3.05) is 13.7 Å². The maximum absolute atomic E-state index is 13.7. The first-order valence-electron chi connectivity index (χ1n) is 12.5. The summed E-state index contributed by atoms with van der Waals surface area (Å²) in [6.45, 7) is 4.07. The Labute approximate surface area is 226 Å². The van der Waals surface area contributed by atoms with Crippen LogP contribution in [0.25, 0.3) is 11.0 Å². The number of carboxylic acid groups (broad SMARTS) is 1. The number of aromatic nitrogens is 3. The van der Waals surface area contributed by atoms with Crippen molar-refractivity contribution in [1.82, 2.24) is 19.3 Å². The van der Waals surface area contributed by atoms with Gasteiger partial charge >= 0.3 is 5.97 Å². The van der Waals surface area contributed by atoms with E-state index in [0.717, 1.165) is 22.3 Å². The van der Waals surface area contributed by atoms with E-state index in [4.69, 9.17) is 9.47 Å². The lowest BCUT2D eigenvalue weighted by Gasteiger charge is -2.27. The van der Waals surface area contributed by atoms with E-state index in [9.17, 15) is 18.3 Å². The molecule has 1 aromatic heterocycles. The predicted molar refractivity (Wildman–Crippen MR) is 144 cm³/mol. The molecule has 2 heterocycles. The van der Waals surface area contributed by atoms with E-state index in [0.29, 0.717) is 22.5 Å². The number of nitrogens with zero attached hydrogens (tertiary/aromatic N) is 4. The molecule has 10 nitrogen and oxygen atoms in total. The van der Waals surface area contributed by atoms with Crippen LogP contribution >= 0.6 is 0 Å². The molecular weight excluding hydrogens is 520 g/mol. The lowest BCUT2D eigenvalue weighted by atomic mass is 9.86. The van der Waals surface area contributed by atoms with Crippen LogP contribution in [-0.2, 0) is 28.4 Å². The standard InChI is InChI=1S/C28H30N4O6S/c1-17-9-10-19(22(14-27(33)34)20-12-23-28(25(13-20)37-4)31(3)30-29-23)11-21(17)15-32-18(2)16-38-24-7-5-6-8-26(24)39(32,35)36/h5-13,18,22H,14-16H2,1-4H3,(H,33,34). The Morgan fingerprint density at radius 3 is 2.69 bits per heavy atom. The number of benzene rings is 3. The Hall–Kier alpha value is -3.96. The summed E-state index contributed by atoms with van der Waals surface area (Å²) in [6, 6.07) is 15.6. The number of carboxylic acids is 1. The summed E-state index contributed by atoms with van der Waals surface area (Å²) < 4.78 is 41.8. The van der Waals surface area contributed by atoms with Crippen LogP contribution in [-0.4, -0.2) is 58.6 Å². The maximum atomic E-state index is 13.7. The molecule has 2 atom stereocenters. The number of carbonyl (C=O) groups is 1. The van der Waals surface area contributed by atoms with Gasteiger partial charge in [-0.05, 0) is 60.4 Å². The molecular formula is C28H30N4O6S. The maximum Gasteiger partial charge on any atom is 0.304 e. The summed E-state index contributed by atoms with van der Waals surface area (Å²) in [5, 5.41) is 18.1. The van der Waals surface area contributed by atoms with E-state index in [-0.39, 0.29) is 24.5 Å². The number of fused-ring (bicyclic) bond motifs is 2. The Morgan fingerprint density at radius 2 is 1.95 bits per heavy atom. The van der Waals surface area contributed by atoms with E-state index >= 15 is 0 Å². The molecule has 3 aromatic carbocycles. The smallest absolute Gasteiger partial charge is 0.304 e. The fourth-order valence-electron chi connectivity index (χ4n) is 5.06. The Kier molecular flexibility index (Phi) is 7.04. The van der Waals surface area contributed by atoms with Crippen LogP contribution < -0.4 is 9.47 Å². The highest BCUT2D eigenvalue weighted by Gasteiger charge is 2.35. The van der Waals surface area contributed by atoms with Gasteiger partial charge < -0.3 is 14.6 Å². The van der Waals surface area contributed by atoms with E-state index in [1.54, 1.807) is 43.1 Å². The number of ether oxygens (including phenoxy) is 2. The number of hydrogen-bond donors (Lipinski definition) is 1.